The monoisotopic (exact) mass is 469 g/mol. The molecule has 0 spiro atoms. The summed E-state index contributed by atoms with van der Waals surface area (Å²) in [6.45, 7) is 0.517. The van der Waals surface area contributed by atoms with Gasteiger partial charge in [-0.15, -0.1) is 0 Å². The lowest BCUT2D eigenvalue weighted by Gasteiger charge is -2.12. The number of hydrogen-bond donors (Lipinski definition) is 0. The first-order valence-corrected chi connectivity index (χ1v) is 11.0. The van der Waals surface area contributed by atoms with Gasteiger partial charge in [0.1, 0.15) is 12.4 Å². The maximum atomic E-state index is 12.8. The fourth-order valence-corrected chi connectivity index (χ4v) is 4.32. The summed E-state index contributed by atoms with van der Waals surface area (Å²) in [5.41, 5.74) is 2.45. The van der Waals surface area contributed by atoms with Crippen molar-refractivity contribution in [2.45, 2.75) is 13.2 Å². The molecule has 3 aromatic carbocycles. The lowest BCUT2D eigenvalue weighted by Crippen LogP contribution is -2.27. The van der Waals surface area contributed by atoms with Gasteiger partial charge in [-0.25, -0.2) is 0 Å². The van der Waals surface area contributed by atoms with Crippen molar-refractivity contribution < 1.29 is 14.3 Å². The van der Waals surface area contributed by atoms with Gasteiger partial charge >= 0.3 is 0 Å². The summed E-state index contributed by atoms with van der Waals surface area (Å²) in [6, 6.07) is 22.0. The van der Waals surface area contributed by atoms with Crippen LogP contribution in [0, 0.1) is 0 Å². The highest BCUT2D eigenvalue weighted by Gasteiger charge is 2.35. The summed E-state index contributed by atoms with van der Waals surface area (Å²) in [5.74, 6) is 0.323. The molecule has 7 heteroatoms. The SMILES string of the molecule is O=C1S/C(=C\c2cccc(OCc3ccccc3Cl)c2)C(=O)N1Cc1cccc(Cl)c1. The van der Waals surface area contributed by atoms with E-state index in [1.807, 2.05) is 54.6 Å². The molecule has 0 radical (unpaired) electrons. The third-order valence-electron chi connectivity index (χ3n) is 4.61. The average molecular weight is 470 g/mol. The van der Waals surface area contributed by atoms with Crippen molar-refractivity contribution in [3.8, 4) is 5.75 Å². The summed E-state index contributed by atoms with van der Waals surface area (Å²) in [6.07, 6.45) is 1.70. The minimum absolute atomic E-state index is 0.184. The van der Waals surface area contributed by atoms with Crippen molar-refractivity contribution in [2.24, 2.45) is 0 Å². The molecule has 1 heterocycles. The standard InChI is InChI=1S/C24H17Cl2NO3S/c25-19-8-3-6-17(11-19)14-27-23(28)22(31-24(27)29)13-16-5-4-9-20(12-16)30-15-18-7-1-2-10-21(18)26/h1-13H,14-15H2/b22-13-. The summed E-state index contributed by atoms with van der Waals surface area (Å²) >= 11 is 13.1. The summed E-state index contributed by atoms with van der Waals surface area (Å²) in [4.78, 5) is 26.8. The quantitative estimate of drug-likeness (QED) is 0.372. The van der Waals surface area contributed by atoms with Gasteiger partial charge in [0.25, 0.3) is 11.1 Å². The van der Waals surface area contributed by atoms with Crippen LogP contribution < -0.4 is 4.74 Å². The fraction of sp³-hybridized carbons (Fsp3) is 0.0833. The summed E-state index contributed by atoms with van der Waals surface area (Å²) in [7, 11) is 0. The maximum absolute atomic E-state index is 12.8. The minimum Gasteiger partial charge on any atom is -0.489 e. The Labute approximate surface area is 194 Å². The van der Waals surface area contributed by atoms with E-state index in [9.17, 15) is 9.59 Å². The van der Waals surface area contributed by atoms with Crippen LogP contribution >= 0.6 is 35.0 Å². The Bertz CT molecular complexity index is 1180. The van der Waals surface area contributed by atoms with Gasteiger partial charge in [0.15, 0.2) is 0 Å². The normalized spacial score (nSPS) is 15.0. The van der Waals surface area contributed by atoms with Crippen LogP contribution in [0.25, 0.3) is 6.08 Å². The summed E-state index contributed by atoms with van der Waals surface area (Å²) < 4.78 is 5.84. The number of rotatable bonds is 6. The van der Waals surface area contributed by atoms with Crippen molar-refractivity contribution in [1.82, 2.24) is 4.90 Å². The Kier molecular flexibility index (Phi) is 6.66. The number of carbonyl (C=O) groups excluding carboxylic acids is 2. The van der Waals surface area contributed by atoms with Crippen LogP contribution in [-0.2, 0) is 17.9 Å². The van der Waals surface area contributed by atoms with Gasteiger partial charge in [-0.3, -0.25) is 14.5 Å². The van der Waals surface area contributed by atoms with Crippen molar-refractivity contribution in [3.05, 3.63) is 104 Å². The van der Waals surface area contributed by atoms with E-state index in [2.05, 4.69) is 0 Å². The first-order chi connectivity index (χ1) is 15.0. The highest BCUT2D eigenvalue weighted by atomic mass is 35.5. The van der Waals surface area contributed by atoms with E-state index in [-0.39, 0.29) is 17.7 Å². The van der Waals surface area contributed by atoms with Gasteiger partial charge in [0, 0.05) is 15.6 Å². The van der Waals surface area contributed by atoms with E-state index in [1.165, 1.54) is 4.90 Å². The second-order valence-electron chi connectivity index (χ2n) is 6.85. The Hall–Kier alpha value is -2.73. The number of ether oxygens (including phenoxy) is 1. The van der Waals surface area contributed by atoms with Crippen molar-refractivity contribution in [1.29, 1.82) is 0 Å². The highest BCUT2D eigenvalue weighted by molar-refractivity contribution is 8.18. The van der Waals surface area contributed by atoms with E-state index in [0.29, 0.717) is 27.3 Å². The molecule has 0 aliphatic carbocycles. The molecule has 4 nitrogen and oxygen atoms in total. The second-order valence-corrected chi connectivity index (χ2v) is 8.69. The predicted molar refractivity (Wildman–Crippen MR) is 125 cm³/mol. The molecule has 0 unspecified atom stereocenters. The van der Waals surface area contributed by atoms with Crippen LogP contribution in [0.2, 0.25) is 10.0 Å². The number of carbonyl (C=O) groups is 2. The molecule has 1 aliphatic rings. The molecule has 1 aliphatic heterocycles. The number of nitrogens with zero attached hydrogens (tertiary/aromatic N) is 1. The Morgan fingerprint density at radius 2 is 1.74 bits per heavy atom. The second kappa shape index (κ2) is 9.60. The van der Waals surface area contributed by atoms with E-state index in [4.69, 9.17) is 27.9 Å². The van der Waals surface area contributed by atoms with Crippen LogP contribution in [0.15, 0.2) is 77.7 Å². The molecule has 0 bridgehead atoms. The van der Waals surface area contributed by atoms with Crippen LogP contribution in [-0.4, -0.2) is 16.0 Å². The van der Waals surface area contributed by atoms with Gasteiger partial charge < -0.3 is 4.74 Å². The zero-order valence-corrected chi connectivity index (χ0v) is 18.6. The Morgan fingerprint density at radius 3 is 2.55 bits per heavy atom. The lowest BCUT2D eigenvalue weighted by atomic mass is 10.2. The van der Waals surface area contributed by atoms with Crippen molar-refractivity contribution in [3.63, 3.8) is 0 Å². The zero-order chi connectivity index (χ0) is 21.8. The number of imide groups is 1. The van der Waals surface area contributed by atoms with Crippen LogP contribution in [0.4, 0.5) is 4.79 Å². The molecule has 31 heavy (non-hydrogen) atoms. The van der Waals surface area contributed by atoms with Crippen LogP contribution in [0.5, 0.6) is 5.75 Å². The molecular formula is C24H17Cl2NO3S. The van der Waals surface area contributed by atoms with Gasteiger partial charge in [-0.1, -0.05) is 65.7 Å². The average Bonchev–Trinajstić information content (AvgIpc) is 3.01. The number of thioether (sulfide) groups is 1. The Balaban J connectivity index is 1.47. The first-order valence-electron chi connectivity index (χ1n) is 9.46. The molecule has 0 N–H and O–H groups in total. The number of hydrogen-bond acceptors (Lipinski definition) is 4. The summed E-state index contributed by atoms with van der Waals surface area (Å²) in [5, 5.41) is 0.906. The third-order valence-corrected chi connectivity index (χ3v) is 6.12. The number of benzene rings is 3. The molecule has 156 valence electrons. The number of amides is 2. The molecule has 0 saturated carbocycles. The lowest BCUT2D eigenvalue weighted by molar-refractivity contribution is -0.123. The molecule has 0 aromatic heterocycles. The molecule has 1 saturated heterocycles. The van der Waals surface area contributed by atoms with Crippen LogP contribution in [0.3, 0.4) is 0 Å². The molecule has 3 aromatic rings. The smallest absolute Gasteiger partial charge is 0.293 e. The van der Waals surface area contributed by atoms with E-state index < -0.39 is 0 Å². The molecule has 2 amide bonds. The van der Waals surface area contributed by atoms with Crippen LogP contribution in [0.1, 0.15) is 16.7 Å². The van der Waals surface area contributed by atoms with Crippen molar-refractivity contribution >= 4 is 52.2 Å². The first kappa shape index (κ1) is 21.5. The molecule has 1 fully saturated rings. The van der Waals surface area contributed by atoms with Gasteiger partial charge in [0.05, 0.1) is 11.4 Å². The highest BCUT2D eigenvalue weighted by Crippen LogP contribution is 2.34. The van der Waals surface area contributed by atoms with Gasteiger partial charge in [-0.2, -0.15) is 0 Å². The van der Waals surface area contributed by atoms with Crippen molar-refractivity contribution in [2.75, 3.05) is 0 Å². The van der Waals surface area contributed by atoms with Gasteiger partial charge in [0.2, 0.25) is 0 Å². The molecule has 0 atom stereocenters. The van der Waals surface area contributed by atoms with Gasteiger partial charge in [-0.05, 0) is 59.3 Å². The molecule has 4 rings (SSSR count). The maximum Gasteiger partial charge on any atom is 0.293 e. The fourth-order valence-electron chi connectivity index (χ4n) is 3.08. The number of halogens is 2. The van der Waals surface area contributed by atoms with E-state index in [0.717, 1.165) is 28.5 Å². The van der Waals surface area contributed by atoms with E-state index in [1.54, 1.807) is 24.3 Å². The molecular weight excluding hydrogens is 453 g/mol. The third kappa shape index (κ3) is 5.31. The minimum atomic E-state index is -0.322. The topological polar surface area (TPSA) is 46.6 Å². The predicted octanol–water partition coefficient (Wildman–Crippen LogP) is 6.81. The Morgan fingerprint density at radius 1 is 0.935 bits per heavy atom. The zero-order valence-electron chi connectivity index (χ0n) is 16.3. The van der Waals surface area contributed by atoms with E-state index >= 15 is 0 Å². The largest absolute Gasteiger partial charge is 0.489 e.